The third-order valence-corrected chi connectivity index (χ3v) is 3.39. The van der Waals surface area contributed by atoms with Gasteiger partial charge in [-0.2, -0.15) is 0 Å². The van der Waals surface area contributed by atoms with Crippen molar-refractivity contribution in [3.8, 4) is 0 Å². The number of thiophene rings is 1. The number of nitrogens with one attached hydrogen (secondary N) is 1. The maximum atomic E-state index is 3.25. The fourth-order valence-corrected chi connectivity index (χ4v) is 2.27. The van der Waals surface area contributed by atoms with Crippen molar-refractivity contribution in [2.75, 3.05) is 13.6 Å². The quantitative estimate of drug-likeness (QED) is 0.739. The Kier molecular flexibility index (Phi) is 5.09. The van der Waals surface area contributed by atoms with Crippen molar-refractivity contribution in [1.29, 1.82) is 0 Å². The minimum absolute atomic E-state index is 0.840. The van der Waals surface area contributed by atoms with Crippen LogP contribution in [0.15, 0.2) is 17.5 Å². The zero-order chi connectivity index (χ0) is 9.52. The van der Waals surface area contributed by atoms with Crippen molar-refractivity contribution >= 4 is 11.3 Å². The molecule has 1 nitrogen and oxygen atoms in total. The molecule has 1 rings (SSSR count). The second-order valence-electron chi connectivity index (χ2n) is 3.45. The van der Waals surface area contributed by atoms with E-state index < -0.39 is 0 Å². The molecule has 13 heavy (non-hydrogen) atoms. The molecule has 0 aliphatic rings. The van der Waals surface area contributed by atoms with Crippen LogP contribution in [0, 0.1) is 5.92 Å². The van der Waals surface area contributed by atoms with Crippen molar-refractivity contribution in [1.82, 2.24) is 5.32 Å². The van der Waals surface area contributed by atoms with Crippen LogP contribution in [0.4, 0.5) is 0 Å². The number of hydrogen-bond donors (Lipinski definition) is 1. The summed E-state index contributed by atoms with van der Waals surface area (Å²) in [7, 11) is 2.04. The lowest BCUT2D eigenvalue weighted by molar-refractivity contribution is 0.452. The maximum absolute atomic E-state index is 3.25. The van der Waals surface area contributed by atoms with Crippen LogP contribution in [0.1, 0.15) is 24.6 Å². The molecule has 0 saturated heterocycles. The van der Waals surface area contributed by atoms with Crippen LogP contribution in [-0.4, -0.2) is 13.6 Å². The first kappa shape index (κ1) is 10.7. The molecule has 0 fully saturated rings. The monoisotopic (exact) mass is 197 g/mol. The Bertz CT molecular complexity index is 206. The van der Waals surface area contributed by atoms with E-state index in [-0.39, 0.29) is 0 Å². The van der Waals surface area contributed by atoms with Crippen molar-refractivity contribution in [2.24, 2.45) is 5.92 Å². The van der Waals surface area contributed by atoms with Gasteiger partial charge in [0, 0.05) is 4.88 Å². The van der Waals surface area contributed by atoms with Crippen molar-refractivity contribution < 1.29 is 0 Å². The van der Waals surface area contributed by atoms with Gasteiger partial charge in [-0.3, -0.25) is 0 Å². The molecule has 1 heterocycles. The average molecular weight is 197 g/mol. The summed E-state index contributed by atoms with van der Waals surface area (Å²) < 4.78 is 0. The lowest BCUT2D eigenvalue weighted by Crippen LogP contribution is -2.18. The van der Waals surface area contributed by atoms with Crippen LogP contribution in [0.5, 0.6) is 0 Å². The number of rotatable bonds is 6. The maximum Gasteiger partial charge on any atom is 0.00453 e. The lowest BCUT2D eigenvalue weighted by atomic mass is 10.00. The minimum Gasteiger partial charge on any atom is -0.319 e. The molecule has 0 aromatic carbocycles. The predicted octanol–water partition coefficient (Wildman–Crippen LogP) is 2.93. The predicted molar refractivity (Wildman–Crippen MR) is 60.3 cm³/mol. The summed E-state index contributed by atoms with van der Waals surface area (Å²) >= 11 is 1.87. The third-order valence-electron chi connectivity index (χ3n) is 2.45. The molecule has 0 amide bonds. The highest BCUT2D eigenvalue weighted by molar-refractivity contribution is 7.09. The molecule has 74 valence electrons. The van der Waals surface area contributed by atoms with Crippen LogP contribution in [0.3, 0.4) is 0 Å². The summed E-state index contributed by atoms with van der Waals surface area (Å²) in [6.45, 7) is 3.43. The lowest BCUT2D eigenvalue weighted by Gasteiger charge is -2.12. The Morgan fingerprint density at radius 1 is 1.54 bits per heavy atom. The summed E-state index contributed by atoms with van der Waals surface area (Å²) in [5.41, 5.74) is 0. The first-order valence-electron chi connectivity index (χ1n) is 5.03. The second kappa shape index (κ2) is 6.17. The van der Waals surface area contributed by atoms with Crippen molar-refractivity contribution in [2.45, 2.75) is 26.2 Å². The normalized spacial score (nSPS) is 13.1. The largest absolute Gasteiger partial charge is 0.319 e. The van der Waals surface area contributed by atoms with Gasteiger partial charge >= 0.3 is 0 Å². The molecule has 0 aliphatic heterocycles. The van der Waals surface area contributed by atoms with Gasteiger partial charge in [0.05, 0.1) is 0 Å². The molecule has 2 heteroatoms. The molecule has 0 saturated carbocycles. The van der Waals surface area contributed by atoms with E-state index in [0.29, 0.717) is 0 Å². The van der Waals surface area contributed by atoms with E-state index in [4.69, 9.17) is 0 Å². The molecular formula is C11H19NS. The van der Waals surface area contributed by atoms with E-state index in [1.165, 1.54) is 24.1 Å². The van der Waals surface area contributed by atoms with Gasteiger partial charge in [0.2, 0.25) is 0 Å². The average Bonchev–Trinajstić information content (AvgIpc) is 2.64. The van der Waals surface area contributed by atoms with Gasteiger partial charge in [-0.25, -0.2) is 0 Å². The third kappa shape index (κ3) is 3.92. The Balaban J connectivity index is 2.23. The summed E-state index contributed by atoms with van der Waals surface area (Å²) in [6.07, 6.45) is 3.85. The zero-order valence-electron chi connectivity index (χ0n) is 8.55. The highest BCUT2D eigenvalue weighted by Crippen LogP contribution is 2.16. The smallest absolute Gasteiger partial charge is 0.00453 e. The van der Waals surface area contributed by atoms with Gasteiger partial charge in [-0.1, -0.05) is 19.4 Å². The van der Waals surface area contributed by atoms with Gasteiger partial charge in [0.25, 0.3) is 0 Å². The van der Waals surface area contributed by atoms with Crippen LogP contribution < -0.4 is 5.32 Å². The van der Waals surface area contributed by atoms with Crippen molar-refractivity contribution in [3.05, 3.63) is 22.4 Å². The van der Waals surface area contributed by atoms with Gasteiger partial charge in [0.1, 0.15) is 0 Å². The van der Waals surface area contributed by atoms with E-state index in [1.807, 2.05) is 18.4 Å². The fourth-order valence-electron chi connectivity index (χ4n) is 1.54. The van der Waals surface area contributed by atoms with Gasteiger partial charge in [0.15, 0.2) is 0 Å². The molecule has 0 radical (unpaired) electrons. The van der Waals surface area contributed by atoms with Gasteiger partial charge < -0.3 is 5.32 Å². The Labute approximate surface area is 85.2 Å². The molecule has 1 N–H and O–H groups in total. The van der Waals surface area contributed by atoms with Crippen LogP contribution in [-0.2, 0) is 6.42 Å². The fraction of sp³-hybridized carbons (Fsp3) is 0.636. The van der Waals surface area contributed by atoms with Crippen molar-refractivity contribution in [3.63, 3.8) is 0 Å². The minimum atomic E-state index is 0.840. The topological polar surface area (TPSA) is 12.0 Å². The highest BCUT2D eigenvalue weighted by Gasteiger charge is 2.05. The highest BCUT2D eigenvalue weighted by atomic mass is 32.1. The summed E-state index contributed by atoms with van der Waals surface area (Å²) in [5, 5.41) is 5.41. The molecule has 0 spiro atoms. The SMILES string of the molecule is CCC(CCc1cccs1)CNC. The molecule has 1 aromatic rings. The molecule has 1 aromatic heterocycles. The zero-order valence-corrected chi connectivity index (χ0v) is 9.36. The van der Waals surface area contributed by atoms with Crippen LogP contribution in [0.25, 0.3) is 0 Å². The first-order valence-corrected chi connectivity index (χ1v) is 5.91. The van der Waals surface area contributed by atoms with Crippen LogP contribution in [0.2, 0.25) is 0 Å². The molecular weight excluding hydrogens is 178 g/mol. The van der Waals surface area contributed by atoms with E-state index in [9.17, 15) is 0 Å². The summed E-state index contributed by atoms with van der Waals surface area (Å²) in [4.78, 5) is 1.52. The Morgan fingerprint density at radius 2 is 2.38 bits per heavy atom. The number of hydrogen-bond acceptors (Lipinski definition) is 2. The van der Waals surface area contributed by atoms with Crippen LogP contribution >= 0.6 is 11.3 Å². The molecule has 1 atom stereocenters. The standard InChI is InChI=1S/C11H19NS/c1-3-10(9-12-2)6-7-11-5-4-8-13-11/h4-5,8,10,12H,3,6-7,9H2,1-2H3. The Morgan fingerprint density at radius 3 is 2.92 bits per heavy atom. The van der Waals surface area contributed by atoms with Gasteiger partial charge in [-0.05, 0) is 43.8 Å². The van der Waals surface area contributed by atoms with E-state index in [1.54, 1.807) is 0 Å². The second-order valence-corrected chi connectivity index (χ2v) is 4.48. The summed E-state index contributed by atoms with van der Waals surface area (Å²) in [5.74, 6) is 0.840. The molecule has 1 unspecified atom stereocenters. The van der Waals surface area contributed by atoms with E-state index in [2.05, 4.69) is 29.8 Å². The first-order chi connectivity index (χ1) is 6.36. The van der Waals surface area contributed by atoms with E-state index >= 15 is 0 Å². The molecule has 0 bridgehead atoms. The summed E-state index contributed by atoms with van der Waals surface area (Å²) in [6, 6.07) is 4.37. The van der Waals surface area contributed by atoms with Gasteiger partial charge in [-0.15, -0.1) is 11.3 Å². The number of aryl methyl sites for hydroxylation is 1. The Hall–Kier alpha value is -0.340. The van der Waals surface area contributed by atoms with E-state index in [0.717, 1.165) is 12.5 Å². The molecule has 0 aliphatic carbocycles.